The Bertz CT molecular complexity index is 865. The summed E-state index contributed by atoms with van der Waals surface area (Å²) in [5.41, 5.74) is 1.84. The van der Waals surface area contributed by atoms with Gasteiger partial charge in [0.15, 0.2) is 0 Å². The van der Waals surface area contributed by atoms with Crippen molar-refractivity contribution in [1.82, 2.24) is 20.7 Å². The van der Waals surface area contributed by atoms with Crippen molar-refractivity contribution < 1.29 is 18.8 Å². The third kappa shape index (κ3) is 6.82. The first-order chi connectivity index (χ1) is 14.9. The van der Waals surface area contributed by atoms with E-state index in [4.69, 9.17) is 9.26 Å². The molecule has 0 bridgehead atoms. The molecule has 0 saturated carbocycles. The van der Waals surface area contributed by atoms with Gasteiger partial charge in [-0.2, -0.15) is 0 Å². The number of aromatic nitrogens is 1. The molecule has 1 saturated heterocycles. The van der Waals surface area contributed by atoms with Gasteiger partial charge in [0.05, 0.1) is 13.7 Å². The molecule has 168 valence electrons. The van der Waals surface area contributed by atoms with Gasteiger partial charge in [0.1, 0.15) is 17.2 Å². The van der Waals surface area contributed by atoms with E-state index in [-0.39, 0.29) is 30.2 Å². The van der Waals surface area contributed by atoms with E-state index in [1.807, 2.05) is 38.2 Å². The second-order valence-electron chi connectivity index (χ2n) is 8.18. The van der Waals surface area contributed by atoms with Crippen molar-refractivity contribution >= 4 is 11.8 Å². The maximum absolute atomic E-state index is 12.7. The van der Waals surface area contributed by atoms with Gasteiger partial charge in [-0.15, -0.1) is 0 Å². The lowest BCUT2D eigenvalue weighted by Crippen LogP contribution is -2.41. The van der Waals surface area contributed by atoms with Crippen LogP contribution in [0.15, 0.2) is 34.9 Å². The first-order valence-corrected chi connectivity index (χ1v) is 10.7. The van der Waals surface area contributed by atoms with E-state index in [1.54, 1.807) is 18.1 Å². The highest BCUT2D eigenvalue weighted by molar-refractivity contribution is 5.85. The van der Waals surface area contributed by atoms with Crippen LogP contribution in [0.4, 0.5) is 0 Å². The van der Waals surface area contributed by atoms with Gasteiger partial charge in [0.25, 0.3) is 0 Å². The molecule has 1 aromatic heterocycles. The minimum absolute atomic E-state index is 0.00409. The van der Waals surface area contributed by atoms with Crippen LogP contribution in [-0.2, 0) is 22.7 Å². The lowest BCUT2D eigenvalue weighted by Gasteiger charge is -2.24. The third-order valence-corrected chi connectivity index (χ3v) is 5.69. The number of aryl methyl sites for hydroxylation is 1. The van der Waals surface area contributed by atoms with Crippen molar-refractivity contribution in [3.63, 3.8) is 0 Å². The van der Waals surface area contributed by atoms with Crippen molar-refractivity contribution in [2.24, 2.45) is 5.92 Å². The predicted molar refractivity (Wildman–Crippen MR) is 116 cm³/mol. The summed E-state index contributed by atoms with van der Waals surface area (Å²) in [7, 11) is 3.46. The molecular weight excluding hydrogens is 396 g/mol. The highest BCUT2D eigenvalue weighted by Gasteiger charge is 2.27. The SMILES string of the molecule is COc1ccc(CNC2CCCC(C(=O)NCc3cc(C)on3)CC(=O)N(C)C2)cc1. The Balaban J connectivity index is 1.53. The Morgan fingerprint density at radius 2 is 2.03 bits per heavy atom. The van der Waals surface area contributed by atoms with Gasteiger partial charge >= 0.3 is 0 Å². The largest absolute Gasteiger partial charge is 0.497 e. The van der Waals surface area contributed by atoms with Crippen molar-refractivity contribution in [1.29, 1.82) is 0 Å². The number of rotatable bonds is 7. The van der Waals surface area contributed by atoms with E-state index in [1.165, 1.54) is 0 Å². The van der Waals surface area contributed by atoms with Gasteiger partial charge in [-0.3, -0.25) is 9.59 Å². The Morgan fingerprint density at radius 1 is 1.26 bits per heavy atom. The second-order valence-corrected chi connectivity index (χ2v) is 8.18. The molecule has 8 nitrogen and oxygen atoms in total. The molecule has 1 aromatic carbocycles. The number of likely N-dealkylation sites (N-methyl/N-ethyl adjacent to an activating group) is 1. The molecule has 2 N–H and O–H groups in total. The zero-order valence-corrected chi connectivity index (χ0v) is 18.5. The zero-order valence-electron chi connectivity index (χ0n) is 18.5. The van der Waals surface area contributed by atoms with Crippen molar-refractivity contribution in [3.05, 3.63) is 47.3 Å². The second kappa shape index (κ2) is 10.9. The molecule has 1 fully saturated rings. The molecule has 0 spiro atoms. The van der Waals surface area contributed by atoms with Crippen LogP contribution in [0.1, 0.15) is 42.7 Å². The summed E-state index contributed by atoms with van der Waals surface area (Å²) in [5.74, 6) is 1.10. The normalized spacial score (nSPS) is 20.0. The van der Waals surface area contributed by atoms with Crippen molar-refractivity contribution in [2.45, 2.75) is 51.7 Å². The molecule has 2 amide bonds. The van der Waals surface area contributed by atoms with Gasteiger partial charge in [0, 0.05) is 44.6 Å². The Kier molecular flexibility index (Phi) is 8.06. The van der Waals surface area contributed by atoms with E-state index in [0.29, 0.717) is 31.0 Å². The molecule has 0 radical (unpaired) electrons. The number of nitrogens with zero attached hydrogens (tertiary/aromatic N) is 2. The fourth-order valence-corrected chi connectivity index (χ4v) is 3.82. The number of hydrogen-bond donors (Lipinski definition) is 2. The molecule has 0 aliphatic carbocycles. The van der Waals surface area contributed by atoms with Gasteiger partial charge in [0.2, 0.25) is 11.8 Å². The van der Waals surface area contributed by atoms with Crippen LogP contribution in [0.3, 0.4) is 0 Å². The molecule has 2 heterocycles. The molecule has 31 heavy (non-hydrogen) atoms. The van der Waals surface area contributed by atoms with Crippen LogP contribution in [0.2, 0.25) is 0 Å². The average Bonchev–Trinajstić information content (AvgIpc) is 3.21. The van der Waals surface area contributed by atoms with Crippen LogP contribution < -0.4 is 15.4 Å². The van der Waals surface area contributed by atoms with Crippen LogP contribution in [0.5, 0.6) is 5.75 Å². The summed E-state index contributed by atoms with van der Waals surface area (Å²) in [6.07, 6.45) is 2.69. The molecule has 1 aliphatic heterocycles. The highest BCUT2D eigenvalue weighted by atomic mass is 16.5. The van der Waals surface area contributed by atoms with Gasteiger partial charge in [-0.25, -0.2) is 0 Å². The maximum Gasteiger partial charge on any atom is 0.223 e. The summed E-state index contributed by atoms with van der Waals surface area (Å²) in [5, 5.41) is 10.3. The summed E-state index contributed by atoms with van der Waals surface area (Å²) in [4.78, 5) is 27.1. The lowest BCUT2D eigenvalue weighted by molar-refractivity contribution is -0.135. The number of carbonyl (C=O) groups is 2. The van der Waals surface area contributed by atoms with Gasteiger partial charge < -0.3 is 24.8 Å². The smallest absolute Gasteiger partial charge is 0.223 e. The standard InChI is InChI=1S/C23H32N4O4/c1-16-11-20(26-31-16)14-25-23(29)18-5-4-6-19(15-27(2)22(28)12-18)24-13-17-7-9-21(30-3)10-8-17/h7-11,18-19,24H,4-6,12-15H2,1-3H3,(H,25,29). The van der Waals surface area contributed by atoms with Crippen molar-refractivity contribution in [2.75, 3.05) is 20.7 Å². The Labute approximate surface area is 183 Å². The first kappa shape index (κ1) is 22.8. The van der Waals surface area contributed by atoms with Crippen LogP contribution in [0, 0.1) is 12.8 Å². The number of methoxy groups -OCH3 is 1. The fourth-order valence-electron chi connectivity index (χ4n) is 3.82. The van der Waals surface area contributed by atoms with Crippen LogP contribution in [0.25, 0.3) is 0 Å². The van der Waals surface area contributed by atoms with E-state index >= 15 is 0 Å². The predicted octanol–water partition coefficient (Wildman–Crippen LogP) is 2.41. The first-order valence-electron chi connectivity index (χ1n) is 10.7. The summed E-state index contributed by atoms with van der Waals surface area (Å²) >= 11 is 0. The number of benzene rings is 1. The molecule has 2 atom stereocenters. The summed E-state index contributed by atoms with van der Waals surface area (Å²) < 4.78 is 10.2. The molecule has 2 unspecified atom stereocenters. The van der Waals surface area contributed by atoms with E-state index in [0.717, 1.165) is 30.7 Å². The lowest BCUT2D eigenvalue weighted by atomic mass is 9.96. The molecule has 2 aromatic rings. The van der Waals surface area contributed by atoms with E-state index in [9.17, 15) is 9.59 Å². The summed E-state index contributed by atoms with van der Waals surface area (Å²) in [6.45, 7) is 3.46. The summed E-state index contributed by atoms with van der Waals surface area (Å²) in [6, 6.07) is 9.93. The molecule has 1 aliphatic rings. The zero-order chi connectivity index (χ0) is 22.2. The number of nitrogens with one attached hydrogen (secondary N) is 2. The topological polar surface area (TPSA) is 96.7 Å². The minimum atomic E-state index is -0.330. The maximum atomic E-state index is 12.7. The Morgan fingerprint density at radius 3 is 2.71 bits per heavy atom. The quantitative estimate of drug-likeness (QED) is 0.703. The average molecular weight is 429 g/mol. The third-order valence-electron chi connectivity index (χ3n) is 5.69. The fraction of sp³-hybridized carbons (Fsp3) is 0.522. The van der Waals surface area contributed by atoms with Gasteiger partial charge in [-0.05, 0) is 37.5 Å². The van der Waals surface area contributed by atoms with Crippen LogP contribution >= 0.6 is 0 Å². The number of amides is 2. The molecule has 8 heteroatoms. The van der Waals surface area contributed by atoms with Gasteiger partial charge in [-0.1, -0.05) is 23.7 Å². The molecule has 3 rings (SSSR count). The van der Waals surface area contributed by atoms with E-state index < -0.39 is 0 Å². The monoisotopic (exact) mass is 428 g/mol. The van der Waals surface area contributed by atoms with E-state index in [2.05, 4.69) is 15.8 Å². The molecular formula is C23H32N4O4. The van der Waals surface area contributed by atoms with Crippen molar-refractivity contribution in [3.8, 4) is 5.75 Å². The highest BCUT2D eigenvalue weighted by Crippen LogP contribution is 2.19. The number of hydrogen-bond acceptors (Lipinski definition) is 6. The minimum Gasteiger partial charge on any atom is -0.497 e. The Hall–Kier alpha value is -2.87. The van der Waals surface area contributed by atoms with Crippen LogP contribution in [-0.4, -0.2) is 48.6 Å². The number of ether oxygens (including phenoxy) is 1. The number of carbonyl (C=O) groups excluding carboxylic acids is 2.